The molecular formula is C15H7ClF4N2O2. The van der Waals surface area contributed by atoms with Gasteiger partial charge in [-0.15, -0.1) is 0 Å². The predicted molar refractivity (Wildman–Crippen MR) is 77.2 cm³/mol. The van der Waals surface area contributed by atoms with Gasteiger partial charge >= 0.3 is 6.18 Å². The van der Waals surface area contributed by atoms with Crippen LogP contribution in [0, 0.1) is 17.1 Å². The lowest BCUT2D eigenvalue weighted by Crippen LogP contribution is -2.14. The fourth-order valence-corrected chi connectivity index (χ4v) is 2.03. The Hall–Kier alpha value is -2.79. The van der Waals surface area contributed by atoms with Crippen molar-refractivity contribution >= 4 is 23.2 Å². The van der Waals surface area contributed by atoms with Crippen molar-refractivity contribution in [3.63, 3.8) is 0 Å². The highest BCUT2D eigenvalue weighted by Gasteiger charge is 2.34. The second-order valence-corrected chi connectivity index (χ2v) is 5.01. The Kier molecular flexibility index (Phi) is 4.66. The summed E-state index contributed by atoms with van der Waals surface area (Å²) in [7, 11) is 0. The first-order chi connectivity index (χ1) is 11.1. The molecule has 2 N–H and O–H groups in total. The van der Waals surface area contributed by atoms with E-state index in [9.17, 15) is 27.5 Å². The van der Waals surface area contributed by atoms with Gasteiger partial charge in [0.15, 0.2) is 0 Å². The lowest BCUT2D eigenvalue weighted by atomic mass is 10.1. The predicted octanol–water partition coefficient (Wildman–Crippen LogP) is 4.33. The molecule has 0 saturated carbocycles. The van der Waals surface area contributed by atoms with Crippen molar-refractivity contribution in [3.8, 4) is 11.8 Å². The molecule has 4 nitrogen and oxygen atoms in total. The summed E-state index contributed by atoms with van der Waals surface area (Å²) in [6.07, 6.45) is -4.78. The van der Waals surface area contributed by atoms with Crippen LogP contribution in [-0.2, 0) is 6.18 Å². The number of alkyl halides is 3. The maximum Gasteiger partial charge on any atom is 0.417 e. The number of carbonyl (C=O) groups is 1. The number of hydrogen-bond acceptors (Lipinski definition) is 3. The molecule has 0 atom stereocenters. The van der Waals surface area contributed by atoms with Gasteiger partial charge in [0.05, 0.1) is 27.8 Å². The summed E-state index contributed by atoms with van der Waals surface area (Å²) in [6, 6.07) is 5.43. The van der Waals surface area contributed by atoms with Crippen molar-refractivity contribution in [2.24, 2.45) is 0 Å². The van der Waals surface area contributed by atoms with E-state index in [1.807, 2.05) is 0 Å². The first-order valence-electron chi connectivity index (χ1n) is 6.24. The lowest BCUT2D eigenvalue weighted by molar-refractivity contribution is -0.137. The van der Waals surface area contributed by atoms with Gasteiger partial charge < -0.3 is 10.4 Å². The number of rotatable bonds is 2. The Labute approximate surface area is 137 Å². The molecular weight excluding hydrogens is 352 g/mol. The van der Waals surface area contributed by atoms with Crippen LogP contribution in [-0.4, -0.2) is 11.0 Å². The van der Waals surface area contributed by atoms with E-state index in [-0.39, 0.29) is 5.69 Å². The average molecular weight is 359 g/mol. The molecule has 9 heteroatoms. The van der Waals surface area contributed by atoms with Gasteiger partial charge in [0.2, 0.25) is 0 Å². The Morgan fingerprint density at radius 3 is 2.50 bits per heavy atom. The van der Waals surface area contributed by atoms with Gasteiger partial charge in [-0.1, -0.05) is 11.6 Å². The van der Waals surface area contributed by atoms with Gasteiger partial charge in [-0.25, -0.2) is 4.39 Å². The smallest absolute Gasteiger partial charge is 0.417 e. The van der Waals surface area contributed by atoms with Gasteiger partial charge in [-0.3, -0.25) is 4.79 Å². The third-order valence-electron chi connectivity index (χ3n) is 2.99. The van der Waals surface area contributed by atoms with E-state index in [4.69, 9.17) is 16.9 Å². The monoisotopic (exact) mass is 358 g/mol. The van der Waals surface area contributed by atoms with Gasteiger partial charge in [0.25, 0.3) is 5.91 Å². The van der Waals surface area contributed by atoms with E-state index >= 15 is 0 Å². The highest BCUT2D eigenvalue weighted by Crippen LogP contribution is 2.34. The summed E-state index contributed by atoms with van der Waals surface area (Å²) in [5.41, 5.74) is -2.50. The zero-order valence-corrected chi connectivity index (χ0v) is 12.3. The van der Waals surface area contributed by atoms with E-state index in [0.29, 0.717) is 12.1 Å². The number of phenolic OH excluding ortho intramolecular Hbond substituents is 1. The topological polar surface area (TPSA) is 73.1 Å². The van der Waals surface area contributed by atoms with Crippen LogP contribution in [0.25, 0.3) is 0 Å². The van der Waals surface area contributed by atoms with Gasteiger partial charge in [-0.05, 0) is 24.3 Å². The highest BCUT2D eigenvalue weighted by molar-refractivity contribution is 6.31. The fourth-order valence-electron chi connectivity index (χ4n) is 1.87. The number of nitriles is 1. The summed E-state index contributed by atoms with van der Waals surface area (Å²) < 4.78 is 51.8. The molecule has 0 radical (unpaired) electrons. The maximum absolute atomic E-state index is 13.1. The highest BCUT2D eigenvalue weighted by atomic mass is 35.5. The standard InChI is InChI=1S/C15H7ClF4N2O2/c16-11-4-9(13(23)5-12(11)17)14(24)22-8-2-1-7(6-21)10(3-8)15(18,19)20/h1-5,23H,(H,22,24). The molecule has 24 heavy (non-hydrogen) atoms. The number of carbonyl (C=O) groups excluding carboxylic acids is 1. The van der Waals surface area contributed by atoms with E-state index in [1.165, 1.54) is 6.07 Å². The quantitative estimate of drug-likeness (QED) is 0.785. The Balaban J connectivity index is 2.37. The van der Waals surface area contributed by atoms with Crippen molar-refractivity contribution in [2.75, 3.05) is 5.32 Å². The molecule has 0 fully saturated rings. The zero-order chi connectivity index (χ0) is 18.1. The normalized spacial score (nSPS) is 11.0. The van der Waals surface area contributed by atoms with Gasteiger partial charge in [0, 0.05) is 11.8 Å². The molecule has 0 spiro atoms. The third-order valence-corrected chi connectivity index (χ3v) is 3.28. The molecule has 0 aliphatic rings. The lowest BCUT2D eigenvalue weighted by Gasteiger charge is -2.12. The Bertz CT molecular complexity index is 860. The molecule has 0 bridgehead atoms. The molecule has 124 valence electrons. The summed E-state index contributed by atoms with van der Waals surface area (Å²) in [4.78, 5) is 12.0. The van der Waals surface area contributed by atoms with E-state index in [1.54, 1.807) is 0 Å². The van der Waals surface area contributed by atoms with Crippen LogP contribution in [0.3, 0.4) is 0 Å². The summed E-state index contributed by atoms with van der Waals surface area (Å²) in [5.74, 6) is -2.67. The largest absolute Gasteiger partial charge is 0.507 e. The average Bonchev–Trinajstić information content (AvgIpc) is 2.49. The van der Waals surface area contributed by atoms with Crippen molar-refractivity contribution < 1.29 is 27.5 Å². The summed E-state index contributed by atoms with van der Waals surface area (Å²) >= 11 is 5.51. The maximum atomic E-state index is 13.1. The van der Waals surface area contributed by atoms with Gasteiger partial charge in [-0.2, -0.15) is 18.4 Å². The molecule has 0 saturated heterocycles. The minimum atomic E-state index is -4.78. The first-order valence-corrected chi connectivity index (χ1v) is 6.62. The van der Waals surface area contributed by atoms with Crippen LogP contribution in [0.5, 0.6) is 5.75 Å². The van der Waals surface area contributed by atoms with Crippen molar-refractivity contribution in [1.82, 2.24) is 0 Å². The fraction of sp³-hybridized carbons (Fsp3) is 0.0667. The Morgan fingerprint density at radius 2 is 1.92 bits per heavy atom. The van der Waals surface area contributed by atoms with Crippen molar-refractivity contribution in [2.45, 2.75) is 6.18 Å². The number of nitrogens with one attached hydrogen (secondary N) is 1. The number of aromatic hydroxyl groups is 1. The minimum absolute atomic E-state index is 0.258. The van der Waals surface area contributed by atoms with Gasteiger partial charge in [0.1, 0.15) is 11.6 Å². The first kappa shape index (κ1) is 17.6. The molecule has 2 rings (SSSR count). The van der Waals surface area contributed by atoms with Crippen LogP contribution < -0.4 is 5.32 Å². The number of hydrogen-bond donors (Lipinski definition) is 2. The molecule has 0 unspecified atom stereocenters. The zero-order valence-electron chi connectivity index (χ0n) is 11.6. The Morgan fingerprint density at radius 1 is 1.25 bits per heavy atom. The van der Waals surface area contributed by atoms with Crippen LogP contribution >= 0.6 is 11.6 Å². The minimum Gasteiger partial charge on any atom is -0.507 e. The van der Waals surface area contributed by atoms with Crippen LogP contribution in [0.2, 0.25) is 5.02 Å². The number of phenols is 1. The second-order valence-electron chi connectivity index (χ2n) is 4.61. The molecule has 0 heterocycles. The molecule has 0 aliphatic carbocycles. The summed E-state index contributed by atoms with van der Waals surface area (Å²) in [5, 5.41) is 19.9. The second kappa shape index (κ2) is 6.37. The molecule has 2 aromatic carbocycles. The SMILES string of the molecule is N#Cc1ccc(NC(=O)c2cc(Cl)c(F)cc2O)cc1C(F)(F)F. The number of halogens is 5. The van der Waals surface area contributed by atoms with E-state index in [0.717, 1.165) is 18.2 Å². The number of anilines is 1. The molecule has 0 aliphatic heterocycles. The number of nitrogens with zero attached hydrogens (tertiary/aromatic N) is 1. The molecule has 0 aromatic heterocycles. The molecule has 2 aromatic rings. The van der Waals surface area contributed by atoms with Crippen molar-refractivity contribution in [1.29, 1.82) is 5.26 Å². The van der Waals surface area contributed by atoms with Crippen LogP contribution in [0.4, 0.5) is 23.2 Å². The number of benzene rings is 2. The molecule has 1 amide bonds. The van der Waals surface area contributed by atoms with Crippen LogP contribution in [0.1, 0.15) is 21.5 Å². The van der Waals surface area contributed by atoms with Crippen LogP contribution in [0.15, 0.2) is 30.3 Å². The summed E-state index contributed by atoms with van der Waals surface area (Å²) in [6.45, 7) is 0. The third kappa shape index (κ3) is 3.58. The number of amides is 1. The van der Waals surface area contributed by atoms with E-state index < -0.39 is 45.4 Å². The van der Waals surface area contributed by atoms with Crippen molar-refractivity contribution in [3.05, 3.63) is 57.9 Å². The van der Waals surface area contributed by atoms with E-state index in [2.05, 4.69) is 5.32 Å².